The van der Waals surface area contributed by atoms with Crippen LogP contribution in [-0.4, -0.2) is 20.7 Å². The lowest BCUT2D eigenvalue weighted by molar-refractivity contribution is 0.533. The maximum Gasteiger partial charge on any atom is 0.155 e. The molecule has 4 nitrogen and oxygen atoms in total. The van der Waals surface area contributed by atoms with Crippen molar-refractivity contribution in [2.45, 2.75) is 19.4 Å². The smallest absolute Gasteiger partial charge is 0.155 e. The highest BCUT2D eigenvalue weighted by molar-refractivity contribution is 7.26. The normalized spacial score (nSPS) is 15.0. The van der Waals surface area contributed by atoms with E-state index in [2.05, 4.69) is 265 Å². The Labute approximate surface area is 448 Å². The maximum absolute atomic E-state index is 5.91. The van der Waals surface area contributed by atoms with E-state index in [1.54, 1.807) is 0 Å². The number of aromatic nitrogens is 2. The largest absolute Gasteiger partial charge is 0.309 e. The second-order valence-electron chi connectivity index (χ2n) is 20.7. The van der Waals surface area contributed by atoms with Crippen LogP contribution in [0.25, 0.3) is 119 Å². The van der Waals surface area contributed by atoms with Gasteiger partial charge in [-0.3, -0.25) is 4.99 Å². The summed E-state index contributed by atoms with van der Waals surface area (Å²) >= 11 is 1.90. The van der Waals surface area contributed by atoms with Gasteiger partial charge in [0.2, 0.25) is 0 Å². The van der Waals surface area contributed by atoms with Crippen molar-refractivity contribution in [2.75, 3.05) is 0 Å². The molecule has 0 fully saturated rings. The van der Waals surface area contributed by atoms with Gasteiger partial charge in [0.15, 0.2) is 5.84 Å². The Morgan fingerprint density at radius 1 is 0.403 bits per heavy atom. The third-order valence-electron chi connectivity index (χ3n) is 16.4. The molecule has 0 saturated heterocycles. The van der Waals surface area contributed by atoms with E-state index in [1.807, 2.05) is 11.3 Å². The van der Waals surface area contributed by atoms with Gasteiger partial charge in [0.25, 0.3) is 0 Å². The molecule has 2 atom stereocenters. The number of amidine groups is 1. The number of nitrogens with zero attached hydrogens (tertiary/aromatic N) is 4. The number of hydrogen-bond donors (Lipinski definition) is 0. The summed E-state index contributed by atoms with van der Waals surface area (Å²) in [6.45, 7) is 2.32. The van der Waals surface area contributed by atoms with Crippen molar-refractivity contribution in [2.24, 2.45) is 15.9 Å². The minimum atomic E-state index is -0.266. The van der Waals surface area contributed by atoms with Crippen molar-refractivity contribution in [1.82, 2.24) is 9.13 Å². The molecule has 4 heterocycles. The van der Waals surface area contributed by atoms with Gasteiger partial charge in [-0.1, -0.05) is 177 Å². The number of fused-ring (bicyclic) bond motifs is 13. The van der Waals surface area contributed by atoms with Gasteiger partial charge in [0.05, 0.1) is 44.2 Å². The second kappa shape index (κ2) is 17.3. The molecule has 0 spiro atoms. The molecule has 1 aliphatic heterocycles. The maximum atomic E-state index is 5.91. The van der Waals surface area contributed by atoms with Gasteiger partial charge in [-0.25, -0.2) is 4.99 Å². The molecule has 16 rings (SSSR count). The quantitative estimate of drug-likeness (QED) is 0.153. The van der Waals surface area contributed by atoms with Crippen molar-refractivity contribution in [3.8, 4) is 22.5 Å². The van der Waals surface area contributed by atoms with Gasteiger partial charge in [-0.15, -0.1) is 11.3 Å². The van der Waals surface area contributed by atoms with Gasteiger partial charge < -0.3 is 9.13 Å². The summed E-state index contributed by atoms with van der Waals surface area (Å²) in [4.78, 5) is 11.7. The average Bonchev–Trinajstić information content (AvgIpc) is 4.37. The van der Waals surface area contributed by atoms with Gasteiger partial charge >= 0.3 is 0 Å². The van der Waals surface area contributed by atoms with Crippen molar-refractivity contribution < 1.29 is 0 Å². The topological polar surface area (TPSA) is 34.6 Å². The molecule has 77 heavy (non-hydrogen) atoms. The van der Waals surface area contributed by atoms with Crippen molar-refractivity contribution in [3.63, 3.8) is 0 Å². The predicted octanol–water partition coefficient (Wildman–Crippen LogP) is 19.4. The Morgan fingerprint density at radius 3 is 1.83 bits per heavy atom. The molecule has 0 N–H and O–H groups in total. The molecular formula is C72H48N4S. The molecule has 0 radical (unpaired) electrons. The monoisotopic (exact) mass is 1000 g/mol. The van der Waals surface area contributed by atoms with Crippen LogP contribution in [0.2, 0.25) is 0 Å². The van der Waals surface area contributed by atoms with Crippen LogP contribution in [0.4, 0.5) is 0 Å². The van der Waals surface area contributed by atoms with Crippen molar-refractivity contribution in [3.05, 3.63) is 265 Å². The molecule has 5 heteroatoms. The lowest BCUT2D eigenvalue weighted by atomic mass is 9.82. The number of benzene rings is 12. The first-order chi connectivity index (χ1) is 38.1. The average molecular weight is 1000 g/mol. The van der Waals surface area contributed by atoms with E-state index >= 15 is 0 Å². The van der Waals surface area contributed by atoms with Gasteiger partial charge in [0.1, 0.15) is 0 Å². The lowest BCUT2D eigenvalue weighted by Crippen LogP contribution is -2.28. The molecule has 0 bridgehead atoms. The van der Waals surface area contributed by atoms with Crippen LogP contribution in [-0.2, 0) is 0 Å². The zero-order chi connectivity index (χ0) is 50.7. The van der Waals surface area contributed by atoms with E-state index in [-0.39, 0.29) is 12.0 Å². The summed E-state index contributed by atoms with van der Waals surface area (Å²) in [6, 6.07) is 91.5. The van der Waals surface area contributed by atoms with Crippen LogP contribution < -0.4 is 0 Å². The van der Waals surface area contributed by atoms with Gasteiger partial charge in [0, 0.05) is 54.2 Å². The van der Waals surface area contributed by atoms with Crippen LogP contribution in [0.1, 0.15) is 36.1 Å². The van der Waals surface area contributed by atoms with Crippen LogP contribution in [0.15, 0.2) is 259 Å². The van der Waals surface area contributed by atoms with E-state index in [4.69, 9.17) is 9.98 Å². The van der Waals surface area contributed by atoms with E-state index in [0.717, 1.165) is 45.9 Å². The molecule has 12 aromatic carbocycles. The van der Waals surface area contributed by atoms with Crippen LogP contribution in [0.3, 0.4) is 0 Å². The summed E-state index contributed by atoms with van der Waals surface area (Å²) < 4.78 is 7.51. The molecule has 1 aliphatic rings. The molecule has 3 aromatic heterocycles. The van der Waals surface area contributed by atoms with Crippen molar-refractivity contribution >= 4 is 119 Å². The van der Waals surface area contributed by atoms with Crippen LogP contribution in [0.5, 0.6) is 0 Å². The lowest BCUT2D eigenvalue weighted by Gasteiger charge is -2.30. The summed E-state index contributed by atoms with van der Waals surface area (Å²) in [6.07, 6.45) is 0.837. The zero-order valence-corrected chi connectivity index (χ0v) is 43.0. The first kappa shape index (κ1) is 43.9. The highest BCUT2D eigenvalue weighted by atomic mass is 32.1. The summed E-state index contributed by atoms with van der Waals surface area (Å²) in [5.74, 6) is 0.704. The predicted molar refractivity (Wildman–Crippen MR) is 328 cm³/mol. The molecule has 2 unspecified atom stereocenters. The Kier molecular flexibility index (Phi) is 9.88. The van der Waals surface area contributed by atoms with Crippen molar-refractivity contribution in [1.29, 1.82) is 0 Å². The minimum Gasteiger partial charge on any atom is -0.309 e. The number of hydrogen-bond acceptors (Lipinski definition) is 3. The second-order valence-corrected chi connectivity index (χ2v) is 21.8. The third kappa shape index (κ3) is 6.90. The summed E-state index contributed by atoms with van der Waals surface area (Å²) in [7, 11) is 0. The van der Waals surface area contributed by atoms with Gasteiger partial charge in [-0.2, -0.15) is 0 Å². The first-order valence-electron chi connectivity index (χ1n) is 26.8. The highest BCUT2D eigenvalue weighted by Gasteiger charge is 2.34. The molecule has 362 valence electrons. The first-order valence-corrected chi connectivity index (χ1v) is 27.6. The Morgan fingerprint density at radius 2 is 1.04 bits per heavy atom. The van der Waals surface area contributed by atoms with E-state index in [1.165, 1.54) is 107 Å². The summed E-state index contributed by atoms with van der Waals surface area (Å²) in [5, 5.41) is 14.9. The fraction of sp³-hybridized carbons (Fsp3) is 0.0556. The fourth-order valence-electron chi connectivity index (χ4n) is 12.8. The Hall–Kier alpha value is -9.42. The number of thiophene rings is 1. The van der Waals surface area contributed by atoms with Crippen LogP contribution in [0, 0.1) is 5.92 Å². The molecule has 0 aliphatic carbocycles. The minimum absolute atomic E-state index is 0.0435. The van der Waals surface area contributed by atoms with Gasteiger partial charge in [-0.05, 0) is 140 Å². The van der Waals surface area contributed by atoms with E-state index in [9.17, 15) is 0 Å². The SMILES string of the molecule is CCC1C(c2ccc3c(c2)c2ccccc2n3-c2ccccc2)=NC(c2cccc(-c3ccccc3)c2)=NC1c1cc(-n2c3cc4ccccc4cc3c3c4ccccc4ccc32)c2sc3cc4ccccc4cc3c2c1. The fourth-order valence-corrected chi connectivity index (χ4v) is 14.0. The Bertz CT molecular complexity index is 4980. The molecule has 15 aromatic rings. The zero-order valence-electron chi connectivity index (χ0n) is 42.2. The Balaban J connectivity index is 0.981. The molecule has 0 saturated carbocycles. The van der Waals surface area contributed by atoms with E-state index < -0.39 is 0 Å². The molecule has 0 amide bonds. The number of rotatable bonds is 7. The number of aliphatic imine (C=N–C) groups is 2. The van der Waals surface area contributed by atoms with Crippen LogP contribution >= 0.6 is 11.3 Å². The van der Waals surface area contributed by atoms with E-state index in [0.29, 0.717) is 0 Å². The highest BCUT2D eigenvalue weighted by Crippen LogP contribution is 2.48. The molecular weight excluding hydrogens is 953 g/mol. The standard InChI is InChI=1S/C72H48N4S/c1-2-55-69(51-33-34-63-58(39-51)57-30-15-16-31-62(57)75(63)54-27-7-4-8-28-54)73-72(52-26-17-25-46(36-52)44-18-5-3-6-19-44)74-70(55)53-40-60-59-37-47-21-10-12-24-50(47)43-67(59)77-71(60)66(42-53)76-64-35-32-45-20-13-14-29-56(45)68(64)61-38-48-22-9-11-23-49(48)41-65(61)76/h3-43,55,70H,2H2,1H3. The summed E-state index contributed by atoms with van der Waals surface area (Å²) in [5.41, 5.74) is 13.7. The third-order valence-corrected chi connectivity index (χ3v) is 17.6. The number of para-hydroxylation sites is 2.